The van der Waals surface area contributed by atoms with Crippen LogP contribution < -0.4 is 0 Å². The summed E-state index contributed by atoms with van der Waals surface area (Å²) in [5.41, 5.74) is 3.73. The Morgan fingerprint density at radius 2 is 1.22 bits per heavy atom. The van der Waals surface area contributed by atoms with Crippen LogP contribution in [0.15, 0.2) is 92.4 Å². The minimum Gasteiger partial charge on any atom is -0.444 e. The molecule has 0 radical (unpaired) electrons. The second-order valence-corrected chi connectivity index (χ2v) is 7.89. The third-order valence-corrected chi connectivity index (χ3v) is 5.32. The van der Waals surface area contributed by atoms with E-state index in [1.165, 1.54) is 0 Å². The molecule has 0 fully saturated rings. The van der Waals surface area contributed by atoms with Gasteiger partial charge in [0, 0.05) is 24.0 Å². The quantitative estimate of drug-likeness (QED) is 0.477. The van der Waals surface area contributed by atoms with Gasteiger partial charge in [-0.3, -0.25) is 0 Å². The van der Waals surface area contributed by atoms with E-state index in [9.17, 15) is 0 Å². The first-order valence-corrected chi connectivity index (χ1v) is 8.88. The van der Waals surface area contributed by atoms with Crippen molar-refractivity contribution in [2.24, 2.45) is 0 Å². The van der Waals surface area contributed by atoms with Crippen LogP contribution in [-0.4, -0.2) is 5.79 Å². The van der Waals surface area contributed by atoms with Crippen LogP contribution in [0.25, 0.3) is 0 Å². The number of fused-ring (bicyclic) bond motifs is 2. The molecular weight excluding hydrogens is 420 g/mol. The Labute approximate surface area is 152 Å². The summed E-state index contributed by atoms with van der Waals surface area (Å²) < 4.78 is 14.8. The van der Waals surface area contributed by atoms with Gasteiger partial charge in [-0.25, -0.2) is 0 Å². The first-order chi connectivity index (χ1) is 11.0. The molecule has 0 aromatic carbocycles. The number of allylic oxidation sites excluding steroid dienone is 8. The fraction of sp³-hybridized carbons (Fsp3) is 0.158. The van der Waals surface area contributed by atoms with Gasteiger partial charge in [-0.2, -0.15) is 0 Å². The Morgan fingerprint density at radius 1 is 0.783 bits per heavy atom. The summed E-state index contributed by atoms with van der Waals surface area (Å²) in [6.45, 7) is 8.36. The lowest BCUT2D eigenvalue weighted by Gasteiger charge is -2.44. The normalized spacial score (nSPS) is 24.8. The SMILES string of the molecule is C=C1C=C2CC(Br)=CC=C2OC12OC1=CC=C(Br)CC1=CC2=C. The molecule has 0 saturated carbocycles. The van der Waals surface area contributed by atoms with Gasteiger partial charge < -0.3 is 9.47 Å². The molecule has 1 spiro atoms. The van der Waals surface area contributed by atoms with E-state index in [-0.39, 0.29) is 0 Å². The van der Waals surface area contributed by atoms with Crippen LogP contribution >= 0.6 is 31.9 Å². The van der Waals surface area contributed by atoms with Crippen LogP contribution in [0, 0.1) is 0 Å². The van der Waals surface area contributed by atoms with Gasteiger partial charge in [-0.05, 0) is 56.6 Å². The number of halogens is 2. The largest absolute Gasteiger partial charge is 0.444 e. The van der Waals surface area contributed by atoms with E-state index in [0.29, 0.717) is 0 Å². The summed E-state index contributed by atoms with van der Waals surface area (Å²) in [4.78, 5) is 0. The molecule has 116 valence electrons. The van der Waals surface area contributed by atoms with Gasteiger partial charge in [0.05, 0.1) is 0 Å². The van der Waals surface area contributed by atoms with Crippen molar-refractivity contribution in [1.29, 1.82) is 0 Å². The molecule has 0 saturated heterocycles. The van der Waals surface area contributed by atoms with Gasteiger partial charge in [0.15, 0.2) is 0 Å². The zero-order valence-corrected chi connectivity index (χ0v) is 15.5. The Hall–Kier alpha value is -1.52. The van der Waals surface area contributed by atoms with Crippen molar-refractivity contribution < 1.29 is 9.47 Å². The van der Waals surface area contributed by atoms with Crippen LogP contribution in [-0.2, 0) is 9.47 Å². The molecule has 4 heteroatoms. The van der Waals surface area contributed by atoms with Crippen LogP contribution in [0.4, 0.5) is 0 Å². The van der Waals surface area contributed by atoms with Gasteiger partial charge in [0.2, 0.25) is 0 Å². The topological polar surface area (TPSA) is 18.5 Å². The lowest BCUT2D eigenvalue weighted by molar-refractivity contribution is -0.132. The number of rotatable bonds is 0. The fourth-order valence-electron chi connectivity index (χ4n) is 3.06. The number of hydrogen-bond acceptors (Lipinski definition) is 2. The maximum absolute atomic E-state index is 6.26. The first-order valence-electron chi connectivity index (χ1n) is 7.29. The molecule has 4 rings (SSSR count). The van der Waals surface area contributed by atoms with Gasteiger partial charge in [0.25, 0.3) is 0 Å². The minimum atomic E-state index is -1.04. The van der Waals surface area contributed by atoms with Crippen molar-refractivity contribution >= 4 is 31.9 Å². The standard InChI is InChI=1S/C19H14Br2O2/c1-11-7-13-9-15(20)3-5-17(13)22-19(11)12(2)8-14-10-16(21)4-6-18(14)23-19/h3-8H,1-2,9-10H2. The van der Waals surface area contributed by atoms with Crippen molar-refractivity contribution in [3.63, 3.8) is 0 Å². The van der Waals surface area contributed by atoms with E-state index < -0.39 is 5.79 Å². The average Bonchev–Trinajstić information content (AvgIpc) is 2.50. The molecule has 0 unspecified atom stereocenters. The first kappa shape index (κ1) is 15.0. The molecular formula is C19H14Br2O2. The summed E-state index contributed by atoms with van der Waals surface area (Å²) in [5, 5.41) is 0. The second-order valence-electron chi connectivity index (χ2n) is 5.85. The smallest absolute Gasteiger partial charge is 0.304 e. The molecule has 23 heavy (non-hydrogen) atoms. The van der Waals surface area contributed by atoms with Crippen LogP contribution in [0.5, 0.6) is 0 Å². The number of ether oxygens (including phenoxy) is 2. The summed E-state index contributed by atoms with van der Waals surface area (Å²) in [6.07, 6.45) is 13.6. The van der Waals surface area contributed by atoms with E-state index in [4.69, 9.17) is 9.47 Å². The summed E-state index contributed by atoms with van der Waals surface area (Å²) >= 11 is 7.07. The molecule has 0 aromatic rings. The Morgan fingerprint density at radius 3 is 1.65 bits per heavy atom. The summed E-state index contributed by atoms with van der Waals surface area (Å²) in [6, 6.07) is 0. The summed E-state index contributed by atoms with van der Waals surface area (Å²) in [7, 11) is 0. The maximum atomic E-state index is 6.26. The molecule has 0 N–H and O–H groups in total. The van der Waals surface area contributed by atoms with Crippen molar-refractivity contribution in [3.8, 4) is 0 Å². The minimum absolute atomic E-state index is 0.765. The van der Waals surface area contributed by atoms with E-state index in [0.717, 1.165) is 55.6 Å². The van der Waals surface area contributed by atoms with E-state index >= 15 is 0 Å². The molecule has 0 aromatic heterocycles. The molecule has 0 amide bonds. The highest BCUT2D eigenvalue weighted by Gasteiger charge is 2.47. The Kier molecular flexibility index (Phi) is 3.43. The molecule has 2 aliphatic heterocycles. The third kappa shape index (κ3) is 2.36. The molecule has 2 aliphatic carbocycles. The average molecular weight is 434 g/mol. The predicted molar refractivity (Wildman–Crippen MR) is 98.8 cm³/mol. The zero-order valence-electron chi connectivity index (χ0n) is 12.4. The zero-order chi connectivity index (χ0) is 16.2. The third-order valence-electron chi connectivity index (χ3n) is 4.23. The van der Waals surface area contributed by atoms with Crippen LogP contribution in [0.3, 0.4) is 0 Å². The molecule has 0 atom stereocenters. The lowest BCUT2D eigenvalue weighted by atomic mass is 9.87. The van der Waals surface area contributed by atoms with Gasteiger partial charge >= 0.3 is 5.79 Å². The highest BCUT2D eigenvalue weighted by atomic mass is 79.9. The van der Waals surface area contributed by atoms with Gasteiger partial charge in [0.1, 0.15) is 11.5 Å². The van der Waals surface area contributed by atoms with E-state index in [2.05, 4.69) is 45.0 Å². The maximum Gasteiger partial charge on any atom is 0.304 e. The molecule has 0 bridgehead atoms. The van der Waals surface area contributed by atoms with E-state index in [1.807, 2.05) is 36.5 Å². The number of hydrogen-bond donors (Lipinski definition) is 0. The van der Waals surface area contributed by atoms with Gasteiger partial charge in [-0.15, -0.1) is 0 Å². The van der Waals surface area contributed by atoms with Crippen molar-refractivity contribution in [1.82, 2.24) is 0 Å². The van der Waals surface area contributed by atoms with E-state index in [1.54, 1.807) is 0 Å². The molecule has 2 heterocycles. The van der Waals surface area contributed by atoms with Crippen molar-refractivity contribution in [2.75, 3.05) is 0 Å². The van der Waals surface area contributed by atoms with Gasteiger partial charge in [-0.1, -0.05) is 45.0 Å². The fourth-order valence-corrected chi connectivity index (χ4v) is 3.92. The van der Waals surface area contributed by atoms with Crippen LogP contribution in [0.2, 0.25) is 0 Å². The summed E-state index contributed by atoms with van der Waals surface area (Å²) in [5.74, 6) is 0.582. The Bertz CT molecular complexity index is 761. The lowest BCUT2D eigenvalue weighted by Crippen LogP contribution is -2.43. The molecule has 4 aliphatic rings. The van der Waals surface area contributed by atoms with Crippen molar-refractivity contribution in [2.45, 2.75) is 18.6 Å². The predicted octanol–water partition coefficient (Wildman–Crippen LogP) is 5.84. The van der Waals surface area contributed by atoms with Crippen molar-refractivity contribution in [3.05, 3.63) is 92.4 Å². The highest BCUT2D eigenvalue weighted by molar-refractivity contribution is 9.12. The Balaban J connectivity index is 1.78. The second kappa shape index (κ2) is 5.25. The van der Waals surface area contributed by atoms with Crippen LogP contribution in [0.1, 0.15) is 12.8 Å². The molecule has 2 nitrogen and oxygen atoms in total. The monoisotopic (exact) mass is 432 g/mol. The highest BCUT2D eigenvalue weighted by Crippen LogP contribution is 2.49.